The first kappa shape index (κ1) is 72.6. The van der Waals surface area contributed by atoms with Crippen molar-refractivity contribution in [3.8, 4) is 0 Å². The summed E-state index contributed by atoms with van der Waals surface area (Å²) < 4.78 is 63.9. The van der Waals surface area contributed by atoms with Crippen LogP contribution in [0.5, 0.6) is 0 Å². The van der Waals surface area contributed by atoms with E-state index in [1.165, 1.54) is 26.0 Å². The molecule has 3 aromatic rings. The molecule has 3 aromatic carbocycles. The number of esters is 4. The highest BCUT2D eigenvalue weighted by molar-refractivity contribution is 5.96. The number of alkyl carbamates (subject to hydrolysis) is 2. The molecule has 2 bridgehead atoms. The highest BCUT2D eigenvalue weighted by Crippen LogP contribution is 2.64. The summed E-state index contributed by atoms with van der Waals surface area (Å²) in [7, 11) is 1.57. The van der Waals surface area contributed by atoms with Crippen LogP contribution in [0.3, 0.4) is 0 Å². The quantitative estimate of drug-likeness (QED) is 0.0203. The number of benzene rings is 3. The molecule has 0 aromatic heterocycles. The van der Waals surface area contributed by atoms with Gasteiger partial charge in [0.15, 0.2) is 17.5 Å². The van der Waals surface area contributed by atoms with Crippen LogP contribution in [0.1, 0.15) is 119 Å². The first-order chi connectivity index (χ1) is 44.5. The van der Waals surface area contributed by atoms with Gasteiger partial charge in [0.2, 0.25) is 12.0 Å². The summed E-state index contributed by atoms with van der Waals surface area (Å²) in [5.74, 6) is -7.27. The Hall–Kier alpha value is -7.85. The van der Waals surface area contributed by atoms with Crippen molar-refractivity contribution in [1.82, 2.24) is 21.3 Å². The van der Waals surface area contributed by atoms with Crippen molar-refractivity contribution in [3.05, 3.63) is 119 Å². The average Bonchev–Trinajstić information content (AvgIpc) is 0.671. The summed E-state index contributed by atoms with van der Waals surface area (Å²) in [6.07, 6.45) is -10.2. The van der Waals surface area contributed by atoms with E-state index in [2.05, 4.69) is 21.3 Å². The topological polar surface area (TPSA) is 344 Å². The Morgan fingerprint density at radius 3 is 1.77 bits per heavy atom. The van der Waals surface area contributed by atoms with Gasteiger partial charge in [0.25, 0.3) is 5.91 Å². The molecule has 508 valence electrons. The molecule has 2 saturated carbocycles. The van der Waals surface area contributed by atoms with E-state index in [1.54, 1.807) is 99.8 Å². The molecular formula is C67H88N4O22. The van der Waals surface area contributed by atoms with Crippen LogP contribution in [0.4, 0.5) is 9.59 Å². The SMILES string of the molecule is CNC(=O)CCOCCOCCOCCOCCOC(=O)NCCCCCCNC(=O)O[C@@H](C(=O)O[C@H]1C[C@@]2(O)[C@@H](OC(=O)c3ccccc3)[C@@H]3[C@]4(OC(C)=O)CO[C@@H]4C[C@H](O)[C@@]3(C)C(=O)[C@H](OC(C)=O)C(=C1C)C2(C)C)[C@@H](NC(=O)c1ccccc1)c1ccccc1. The van der Waals surface area contributed by atoms with Crippen molar-refractivity contribution in [2.45, 2.75) is 140 Å². The van der Waals surface area contributed by atoms with E-state index >= 15 is 9.59 Å². The summed E-state index contributed by atoms with van der Waals surface area (Å²) in [4.78, 5) is 124. The third-order valence-electron chi connectivity index (χ3n) is 17.7. The molecule has 26 nitrogen and oxygen atoms in total. The molecule has 0 unspecified atom stereocenters. The molecule has 6 N–H and O–H groups in total. The van der Waals surface area contributed by atoms with Crippen LogP contribution in [-0.2, 0) is 76.1 Å². The summed E-state index contributed by atoms with van der Waals surface area (Å²) in [6, 6.07) is 22.6. The van der Waals surface area contributed by atoms with E-state index < -0.39 is 125 Å². The van der Waals surface area contributed by atoms with Gasteiger partial charge in [0.1, 0.15) is 36.6 Å². The van der Waals surface area contributed by atoms with Gasteiger partial charge in [-0.1, -0.05) is 93.4 Å². The van der Waals surface area contributed by atoms with Gasteiger partial charge in [0.05, 0.1) is 82.5 Å². The van der Waals surface area contributed by atoms with Crippen molar-refractivity contribution in [2.24, 2.45) is 16.7 Å². The second-order valence-electron chi connectivity index (χ2n) is 24.0. The van der Waals surface area contributed by atoms with Gasteiger partial charge in [-0.05, 0) is 67.7 Å². The zero-order valence-electron chi connectivity index (χ0n) is 53.8. The number of rotatable bonds is 33. The number of carbonyl (C=O) groups is 9. The highest BCUT2D eigenvalue weighted by Gasteiger charge is 2.78. The van der Waals surface area contributed by atoms with E-state index in [0.29, 0.717) is 77.4 Å². The fourth-order valence-electron chi connectivity index (χ4n) is 12.7. The number of ketones is 1. The maximum Gasteiger partial charge on any atom is 0.408 e. The number of hydrogen-bond donors (Lipinski definition) is 6. The van der Waals surface area contributed by atoms with Gasteiger partial charge >= 0.3 is 36.1 Å². The highest BCUT2D eigenvalue weighted by atomic mass is 16.6. The molecule has 93 heavy (non-hydrogen) atoms. The molecule has 26 heteroatoms. The molecule has 3 fully saturated rings. The second kappa shape index (κ2) is 33.8. The molecule has 4 amide bonds. The van der Waals surface area contributed by atoms with Crippen LogP contribution < -0.4 is 21.3 Å². The fraction of sp³-hybridized carbons (Fsp3) is 0.567. The number of unbranched alkanes of at least 4 members (excludes halogenated alkanes) is 3. The molecular weight excluding hydrogens is 1210 g/mol. The maximum absolute atomic E-state index is 15.9. The van der Waals surface area contributed by atoms with Crippen LogP contribution in [0.25, 0.3) is 0 Å². The number of aliphatic hydroxyl groups is 2. The third kappa shape index (κ3) is 17.9. The lowest BCUT2D eigenvalue weighted by molar-refractivity contribution is -0.346. The Kier molecular flexibility index (Phi) is 26.4. The lowest BCUT2D eigenvalue weighted by Gasteiger charge is -2.67. The number of fused-ring (bicyclic) bond motifs is 5. The number of hydrogen-bond acceptors (Lipinski definition) is 22. The van der Waals surface area contributed by atoms with Crippen molar-refractivity contribution in [1.29, 1.82) is 0 Å². The summed E-state index contributed by atoms with van der Waals surface area (Å²) in [6.45, 7) is 10.8. The van der Waals surface area contributed by atoms with Gasteiger partial charge in [-0.25, -0.2) is 19.2 Å². The predicted molar refractivity (Wildman–Crippen MR) is 330 cm³/mol. The summed E-state index contributed by atoms with van der Waals surface area (Å²) in [5.41, 5.74) is -7.66. The van der Waals surface area contributed by atoms with Crippen molar-refractivity contribution < 1.29 is 105 Å². The summed E-state index contributed by atoms with van der Waals surface area (Å²) >= 11 is 0. The van der Waals surface area contributed by atoms with E-state index in [-0.39, 0.29) is 74.0 Å². The molecule has 11 atom stereocenters. The van der Waals surface area contributed by atoms with Crippen LogP contribution >= 0.6 is 0 Å². The fourth-order valence-corrected chi connectivity index (χ4v) is 12.7. The van der Waals surface area contributed by atoms with Crippen LogP contribution in [-0.4, -0.2) is 198 Å². The number of Topliss-reactive ketones (excluding diaryl/α,β-unsaturated/α-hetero) is 1. The number of carbonyl (C=O) groups excluding carboxylic acids is 9. The van der Waals surface area contributed by atoms with E-state index in [0.717, 1.165) is 13.8 Å². The van der Waals surface area contributed by atoms with Gasteiger partial charge in [0, 0.05) is 64.2 Å². The Bertz CT molecular complexity index is 3080. The molecule has 4 aliphatic rings. The first-order valence-electron chi connectivity index (χ1n) is 31.4. The number of amides is 4. The maximum atomic E-state index is 15.9. The van der Waals surface area contributed by atoms with Crippen molar-refractivity contribution >= 4 is 53.7 Å². The van der Waals surface area contributed by atoms with Crippen LogP contribution in [0.15, 0.2) is 102 Å². The molecule has 1 heterocycles. The van der Waals surface area contributed by atoms with E-state index in [4.69, 9.17) is 52.1 Å². The standard InChI is InChI=1S/C67H88N4O22/c1-42-48(40-67(82)58(92-60(78)47-25-17-12-18-26-47)56-65(6,49(74)39-50-66(56,41-88-50)93-44(3)73)57(76)54(89-43(2)72)52(42)64(67,4)5)90-61(79)55(53(45-21-13-10-14-22-45)71-59(77)46-23-15-11-16-24-46)91-63(81)70-29-20-9-8-19-28-69-62(80)87-38-37-86-36-35-85-34-33-84-32-31-83-30-27-51(75)68-7/h10-18,21-26,48-50,53-56,58,74,82H,8-9,19-20,27-41H2,1-7H3,(H,68,75)(H,69,80)(H,70,81)(H,71,77)/t48-,49-,50+,53-,54+,55+,56-,58-,65+,66-,67+/m0/s1. The van der Waals surface area contributed by atoms with E-state index in [1.807, 2.05) is 0 Å². The number of nitrogens with one attached hydrogen (secondary N) is 4. The minimum absolute atomic E-state index is 0.0272. The molecule has 7 rings (SSSR count). The minimum atomic E-state index is -2.50. The van der Waals surface area contributed by atoms with Gasteiger partial charge in [-0.15, -0.1) is 0 Å². The Labute approximate surface area is 540 Å². The Morgan fingerprint density at radius 2 is 1.23 bits per heavy atom. The third-order valence-corrected chi connectivity index (χ3v) is 17.7. The Morgan fingerprint density at radius 1 is 0.677 bits per heavy atom. The molecule has 0 radical (unpaired) electrons. The second-order valence-corrected chi connectivity index (χ2v) is 24.0. The zero-order valence-corrected chi connectivity index (χ0v) is 53.8. The first-order valence-corrected chi connectivity index (χ1v) is 31.4. The minimum Gasteiger partial charge on any atom is -0.455 e. The lowest BCUT2D eigenvalue weighted by atomic mass is 9.44. The number of aliphatic hydroxyl groups excluding tert-OH is 1. The molecule has 1 saturated heterocycles. The van der Waals surface area contributed by atoms with Gasteiger partial charge in [-0.2, -0.15) is 0 Å². The largest absolute Gasteiger partial charge is 0.455 e. The zero-order chi connectivity index (χ0) is 67.3. The van der Waals surface area contributed by atoms with Crippen molar-refractivity contribution in [2.75, 3.05) is 86.2 Å². The van der Waals surface area contributed by atoms with Crippen LogP contribution in [0, 0.1) is 16.7 Å². The molecule has 0 spiro atoms. The molecule has 3 aliphatic carbocycles. The van der Waals surface area contributed by atoms with Gasteiger partial charge in [-0.3, -0.25) is 24.0 Å². The normalized spacial score (nSPS) is 24.9. The van der Waals surface area contributed by atoms with E-state index in [9.17, 15) is 43.8 Å². The van der Waals surface area contributed by atoms with Crippen LogP contribution in [0.2, 0.25) is 0 Å². The summed E-state index contributed by atoms with van der Waals surface area (Å²) in [5, 5.41) is 37.1. The average molecular weight is 1300 g/mol. The molecule has 1 aliphatic heterocycles. The lowest BCUT2D eigenvalue weighted by Crippen LogP contribution is -2.82. The Balaban J connectivity index is 1.05. The number of ether oxygens (including phenoxy) is 11. The smallest absolute Gasteiger partial charge is 0.408 e. The predicted octanol–water partition coefficient (Wildman–Crippen LogP) is 4.96. The van der Waals surface area contributed by atoms with Crippen molar-refractivity contribution in [3.63, 3.8) is 0 Å². The van der Waals surface area contributed by atoms with Gasteiger partial charge < -0.3 is 83.6 Å². The monoisotopic (exact) mass is 1300 g/mol.